The van der Waals surface area contributed by atoms with Crippen molar-refractivity contribution in [2.24, 2.45) is 0 Å². The second-order valence-corrected chi connectivity index (χ2v) is 6.54. The minimum absolute atomic E-state index is 0.0633. The van der Waals surface area contributed by atoms with Gasteiger partial charge in [0.15, 0.2) is 0 Å². The molecule has 8 heteroatoms. The summed E-state index contributed by atoms with van der Waals surface area (Å²) >= 11 is 0. The average Bonchev–Trinajstić information content (AvgIpc) is 3.26. The maximum Gasteiger partial charge on any atom is 0.263 e. The van der Waals surface area contributed by atoms with Crippen LogP contribution in [0.25, 0.3) is 0 Å². The number of aryl methyl sites for hydroxylation is 1. The van der Waals surface area contributed by atoms with E-state index in [1.54, 1.807) is 12.4 Å². The maximum atomic E-state index is 12.7. The van der Waals surface area contributed by atoms with Crippen molar-refractivity contribution in [1.82, 2.24) is 25.2 Å². The molecule has 2 aromatic heterocycles. The van der Waals surface area contributed by atoms with Crippen molar-refractivity contribution in [2.75, 3.05) is 13.6 Å². The molecule has 3 N–H and O–H groups in total. The fraction of sp³-hybridized carbons (Fsp3) is 0.238. The van der Waals surface area contributed by atoms with Crippen LogP contribution in [0, 0.1) is 0 Å². The van der Waals surface area contributed by atoms with Crippen molar-refractivity contribution in [2.45, 2.75) is 19.4 Å². The van der Waals surface area contributed by atoms with Gasteiger partial charge in [0.1, 0.15) is 11.4 Å². The van der Waals surface area contributed by atoms with Crippen molar-refractivity contribution in [1.29, 1.82) is 0 Å². The Balaban J connectivity index is 1.77. The SMILES string of the molecule is CNC(=O)c1cc(C(=O)NCCCc2ncc[nH]2)cn(Cc2ccccc2)c1=O. The number of aromatic amines is 1. The second kappa shape index (κ2) is 9.50. The van der Waals surface area contributed by atoms with E-state index in [-0.39, 0.29) is 23.6 Å². The average molecular weight is 393 g/mol. The molecule has 0 atom stereocenters. The zero-order chi connectivity index (χ0) is 20.6. The van der Waals surface area contributed by atoms with Gasteiger partial charge in [-0.1, -0.05) is 30.3 Å². The number of H-pyrrole nitrogens is 1. The van der Waals surface area contributed by atoms with E-state index >= 15 is 0 Å². The van der Waals surface area contributed by atoms with Gasteiger partial charge in [-0.05, 0) is 18.1 Å². The van der Waals surface area contributed by atoms with Gasteiger partial charge in [-0.15, -0.1) is 0 Å². The molecule has 3 rings (SSSR count). The highest BCUT2D eigenvalue weighted by Gasteiger charge is 2.17. The summed E-state index contributed by atoms with van der Waals surface area (Å²) in [5, 5.41) is 5.28. The van der Waals surface area contributed by atoms with E-state index in [1.807, 2.05) is 30.3 Å². The number of imidazole rings is 1. The van der Waals surface area contributed by atoms with Gasteiger partial charge in [-0.2, -0.15) is 0 Å². The molecular formula is C21H23N5O3. The van der Waals surface area contributed by atoms with Gasteiger partial charge in [-0.3, -0.25) is 14.4 Å². The van der Waals surface area contributed by atoms with Gasteiger partial charge in [0, 0.05) is 38.6 Å². The lowest BCUT2D eigenvalue weighted by Crippen LogP contribution is -2.34. The molecule has 0 saturated carbocycles. The van der Waals surface area contributed by atoms with Crippen LogP contribution in [0.1, 0.15) is 38.5 Å². The number of nitrogens with one attached hydrogen (secondary N) is 3. The largest absolute Gasteiger partial charge is 0.355 e. The number of hydrogen-bond donors (Lipinski definition) is 3. The van der Waals surface area contributed by atoms with E-state index in [2.05, 4.69) is 20.6 Å². The first-order valence-corrected chi connectivity index (χ1v) is 9.35. The van der Waals surface area contributed by atoms with Crippen molar-refractivity contribution in [3.8, 4) is 0 Å². The summed E-state index contributed by atoms with van der Waals surface area (Å²) in [6, 6.07) is 10.7. The van der Waals surface area contributed by atoms with E-state index in [9.17, 15) is 14.4 Å². The Morgan fingerprint density at radius 2 is 1.97 bits per heavy atom. The molecular weight excluding hydrogens is 370 g/mol. The molecule has 0 unspecified atom stereocenters. The third kappa shape index (κ3) is 5.19. The zero-order valence-corrected chi connectivity index (χ0v) is 16.1. The molecule has 0 aliphatic carbocycles. The zero-order valence-electron chi connectivity index (χ0n) is 16.1. The Kier molecular flexibility index (Phi) is 6.57. The Bertz CT molecular complexity index is 1030. The quantitative estimate of drug-likeness (QED) is 0.502. The van der Waals surface area contributed by atoms with Crippen LogP contribution in [0.2, 0.25) is 0 Å². The Hall–Kier alpha value is -3.68. The summed E-state index contributed by atoms with van der Waals surface area (Å²) < 4.78 is 1.39. The molecule has 8 nitrogen and oxygen atoms in total. The summed E-state index contributed by atoms with van der Waals surface area (Å²) in [7, 11) is 1.45. The van der Waals surface area contributed by atoms with Crippen LogP contribution in [0.3, 0.4) is 0 Å². The molecule has 150 valence electrons. The lowest BCUT2D eigenvalue weighted by atomic mass is 10.1. The van der Waals surface area contributed by atoms with Crippen LogP contribution < -0.4 is 16.2 Å². The molecule has 0 aliphatic rings. The normalized spacial score (nSPS) is 10.5. The maximum absolute atomic E-state index is 12.7. The van der Waals surface area contributed by atoms with E-state index in [1.165, 1.54) is 23.9 Å². The number of nitrogens with zero attached hydrogens (tertiary/aromatic N) is 2. The number of aromatic nitrogens is 3. The number of pyridine rings is 1. The van der Waals surface area contributed by atoms with Crippen LogP contribution in [-0.4, -0.2) is 39.9 Å². The topological polar surface area (TPSA) is 109 Å². The standard InChI is InChI=1S/C21H23N5O3/c1-22-20(28)17-12-16(19(27)25-9-5-8-18-23-10-11-24-18)14-26(21(17)29)13-15-6-3-2-4-7-15/h2-4,6-7,10-12,14H,5,8-9,13H2,1H3,(H,22,28)(H,23,24)(H,25,27). The minimum atomic E-state index is -0.524. The third-order valence-corrected chi connectivity index (χ3v) is 4.45. The molecule has 2 amide bonds. The molecule has 0 bridgehead atoms. The second-order valence-electron chi connectivity index (χ2n) is 6.54. The van der Waals surface area contributed by atoms with Crippen molar-refractivity contribution >= 4 is 11.8 Å². The lowest BCUT2D eigenvalue weighted by Gasteiger charge is -2.12. The van der Waals surface area contributed by atoms with E-state index in [0.29, 0.717) is 19.4 Å². The molecule has 0 radical (unpaired) electrons. The summed E-state index contributed by atoms with van der Waals surface area (Å²) in [6.07, 6.45) is 6.35. The molecule has 0 saturated heterocycles. The molecule has 3 aromatic rings. The monoisotopic (exact) mass is 393 g/mol. The van der Waals surface area contributed by atoms with Gasteiger partial charge in [0.05, 0.1) is 12.1 Å². The third-order valence-electron chi connectivity index (χ3n) is 4.45. The first kappa shape index (κ1) is 20.1. The van der Waals surface area contributed by atoms with Gasteiger partial charge >= 0.3 is 0 Å². The number of amides is 2. The Morgan fingerprint density at radius 3 is 2.66 bits per heavy atom. The van der Waals surface area contributed by atoms with E-state index < -0.39 is 11.5 Å². The predicted octanol–water partition coefficient (Wildman–Crippen LogP) is 1.34. The summed E-state index contributed by atoms with van der Waals surface area (Å²) in [4.78, 5) is 44.6. The summed E-state index contributed by atoms with van der Waals surface area (Å²) in [6.45, 7) is 0.718. The number of hydrogen-bond acceptors (Lipinski definition) is 4. The Labute approximate surface area is 168 Å². The smallest absolute Gasteiger partial charge is 0.263 e. The van der Waals surface area contributed by atoms with Crippen LogP contribution in [0.15, 0.2) is 59.8 Å². The van der Waals surface area contributed by atoms with Gasteiger partial charge < -0.3 is 20.2 Å². The van der Waals surface area contributed by atoms with Crippen LogP contribution in [0.5, 0.6) is 0 Å². The molecule has 0 spiro atoms. The fourth-order valence-electron chi connectivity index (χ4n) is 2.95. The molecule has 0 fully saturated rings. The van der Waals surface area contributed by atoms with Crippen LogP contribution in [-0.2, 0) is 13.0 Å². The highest BCUT2D eigenvalue weighted by Crippen LogP contribution is 2.06. The van der Waals surface area contributed by atoms with Crippen molar-refractivity contribution in [3.05, 3.63) is 87.9 Å². The van der Waals surface area contributed by atoms with Gasteiger partial charge in [-0.25, -0.2) is 4.98 Å². The van der Waals surface area contributed by atoms with E-state index in [4.69, 9.17) is 0 Å². The first-order chi connectivity index (χ1) is 14.1. The van der Waals surface area contributed by atoms with E-state index in [0.717, 1.165) is 11.4 Å². The van der Waals surface area contributed by atoms with Crippen molar-refractivity contribution in [3.63, 3.8) is 0 Å². The Morgan fingerprint density at radius 1 is 1.17 bits per heavy atom. The first-order valence-electron chi connectivity index (χ1n) is 9.35. The highest BCUT2D eigenvalue weighted by atomic mass is 16.2. The van der Waals surface area contributed by atoms with Gasteiger partial charge in [0.25, 0.3) is 17.4 Å². The fourth-order valence-corrected chi connectivity index (χ4v) is 2.95. The number of benzene rings is 1. The van der Waals surface area contributed by atoms with Crippen LogP contribution >= 0.6 is 0 Å². The van der Waals surface area contributed by atoms with Gasteiger partial charge in [0.2, 0.25) is 0 Å². The lowest BCUT2D eigenvalue weighted by molar-refractivity contribution is 0.0952. The highest BCUT2D eigenvalue weighted by molar-refractivity contribution is 5.99. The molecule has 2 heterocycles. The summed E-state index contributed by atoms with van der Waals surface area (Å²) in [5.74, 6) is -0.00162. The number of carbonyl (C=O) groups excluding carboxylic acids is 2. The number of rotatable bonds is 8. The number of carbonyl (C=O) groups is 2. The van der Waals surface area contributed by atoms with Crippen molar-refractivity contribution < 1.29 is 9.59 Å². The minimum Gasteiger partial charge on any atom is -0.355 e. The predicted molar refractivity (Wildman–Crippen MR) is 109 cm³/mol. The van der Waals surface area contributed by atoms with Crippen LogP contribution in [0.4, 0.5) is 0 Å². The summed E-state index contributed by atoms with van der Waals surface area (Å²) in [5.41, 5.74) is 0.653. The molecule has 0 aliphatic heterocycles. The molecule has 29 heavy (non-hydrogen) atoms. The molecule has 1 aromatic carbocycles.